The molecule has 7 nitrogen and oxygen atoms in total. The SMILES string of the molecule is Cc1cc(-c2cnn(C)c2)cc(C2CCN(C(=O)CCc3nc4ccccc4n3C)CC2)n1. The number of aryl methyl sites for hydroxylation is 4. The van der Waals surface area contributed by atoms with Gasteiger partial charge >= 0.3 is 0 Å². The van der Waals surface area contributed by atoms with Crippen LogP contribution in [0.2, 0.25) is 0 Å². The van der Waals surface area contributed by atoms with Gasteiger partial charge in [-0.05, 0) is 49.6 Å². The van der Waals surface area contributed by atoms with Crippen molar-refractivity contribution in [2.24, 2.45) is 14.1 Å². The highest BCUT2D eigenvalue weighted by atomic mass is 16.2. The van der Waals surface area contributed by atoms with Crippen LogP contribution in [0.1, 0.15) is 42.4 Å². The fourth-order valence-electron chi connectivity index (χ4n) is 4.86. The highest BCUT2D eigenvalue weighted by molar-refractivity contribution is 5.78. The van der Waals surface area contributed by atoms with E-state index in [1.807, 2.05) is 61.2 Å². The van der Waals surface area contributed by atoms with Crippen molar-refractivity contribution >= 4 is 16.9 Å². The van der Waals surface area contributed by atoms with Gasteiger partial charge in [0.05, 0.1) is 17.2 Å². The molecule has 4 heterocycles. The Balaban J connectivity index is 1.20. The van der Waals surface area contributed by atoms with Gasteiger partial charge in [-0.15, -0.1) is 0 Å². The van der Waals surface area contributed by atoms with E-state index in [-0.39, 0.29) is 5.91 Å². The number of amides is 1. The van der Waals surface area contributed by atoms with Crippen molar-refractivity contribution in [1.29, 1.82) is 0 Å². The molecule has 0 saturated carbocycles. The molecular weight excluding hydrogens is 412 g/mol. The summed E-state index contributed by atoms with van der Waals surface area (Å²) in [5, 5.41) is 4.30. The Labute approximate surface area is 194 Å². The lowest BCUT2D eigenvalue weighted by molar-refractivity contribution is -0.132. The molecule has 1 fully saturated rings. The molecule has 0 aliphatic carbocycles. The summed E-state index contributed by atoms with van der Waals surface area (Å²) in [4.78, 5) is 24.4. The van der Waals surface area contributed by atoms with E-state index >= 15 is 0 Å². The quantitative estimate of drug-likeness (QED) is 0.468. The first-order valence-electron chi connectivity index (χ1n) is 11.6. The maximum Gasteiger partial charge on any atom is 0.223 e. The number of benzene rings is 1. The summed E-state index contributed by atoms with van der Waals surface area (Å²) in [6.07, 6.45) is 6.98. The highest BCUT2D eigenvalue weighted by Gasteiger charge is 2.25. The van der Waals surface area contributed by atoms with E-state index < -0.39 is 0 Å². The third-order valence-electron chi connectivity index (χ3n) is 6.72. The van der Waals surface area contributed by atoms with E-state index in [2.05, 4.69) is 27.9 Å². The first kappa shape index (κ1) is 21.4. The smallest absolute Gasteiger partial charge is 0.223 e. The monoisotopic (exact) mass is 442 g/mol. The van der Waals surface area contributed by atoms with Crippen molar-refractivity contribution in [3.05, 3.63) is 66.0 Å². The lowest BCUT2D eigenvalue weighted by Crippen LogP contribution is -2.38. The molecule has 0 N–H and O–H groups in total. The van der Waals surface area contributed by atoms with Crippen LogP contribution in [0.5, 0.6) is 0 Å². The van der Waals surface area contributed by atoms with Gasteiger partial charge in [0.2, 0.25) is 5.91 Å². The number of carbonyl (C=O) groups is 1. The van der Waals surface area contributed by atoms with Gasteiger partial charge in [0, 0.05) is 69.1 Å². The van der Waals surface area contributed by atoms with Crippen LogP contribution in [-0.2, 0) is 25.3 Å². The van der Waals surface area contributed by atoms with E-state index in [1.165, 1.54) is 0 Å². The largest absolute Gasteiger partial charge is 0.343 e. The number of nitrogens with zero attached hydrogens (tertiary/aromatic N) is 6. The molecule has 1 saturated heterocycles. The van der Waals surface area contributed by atoms with Crippen LogP contribution in [0.4, 0.5) is 0 Å². The number of para-hydroxylation sites is 2. The first-order chi connectivity index (χ1) is 16.0. The summed E-state index contributed by atoms with van der Waals surface area (Å²) < 4.78 is 3.92. The number of likely N-dealkylation sites (tertiary alicyclic amines) is 1. The second kappa shape index (κ2) is 8.81. The lowest BCUT2D eigenvalue weighted by atomic mass is 9.91. The summed E-state index contributed by atoms with van der Waals surface area (Å²) in [6, 6.07) is 12.4. The second-order valence-corrected chi connectivity index (χ2v) is 9.06. The van der Waals surface area contributed by atoms with Crippen molar-refractivity contribution in [3.8, 4) is 11.1 Å². The van der Waals surface area contributed by atoms with Crippen LogP contribution in [0.3, 0.4) is 0 Å². The van der Waals surface area contributed by atoms with Crippen LogP contribution in [0.15, 0.2) is 48.8 Å². The lowest BCUT2D eigenvalue weighted by Gasteiger charge is -2.32. The molecule has 0 atom stereocenters. The predicted octanol–water partition coefficient (Wildman–Crippen LogP) is 4.02. The summed E-state index contributed by atoms with van der Waals surface area (Å²) in [5.74, 6) is 1.56. The number of carbonyl (C=O) groups excluding carboxylic acids is 1. The molecule has 7 heteroatoms. The fourth-order valence-corrected chi connectivity index (χ4v) is 4.86. The molecule has 1 aliphatic heterocycles. The fraction of sp³-hybridized carbons (Fsp3) is 0.385. The molecule has 0 spiro atoms. The Morgan fingerprint density at radius 2 is 1.85 bits per heavy atom. The third-order valence-corrected chi connectivity index (χ3v) is 6.72. The van der Waals surface area contributed by atoms with Crippen LogP contribution in [-0.4, -0.2) is 48.2 Å². The Morgan fingerprint density at radius 3 is 2.58 bits per heavy atom. The van der Waals surface area contributed by atoms with Crippen molar-refractivity contribution in [1.82, 2.24) is 29.2 Å². The minimum absolute atomic E-state index is 0.216. The number of rotatable bonds is 5. The van der Waals surface area contributed by atoms with Gasteiger partial charge < -0.3 is 9.47 Å². The van der Waals surface area contributed by atoms with Crippen molar-refractivity contribution in [2.45, 2.75) is 38.5 Å². The molecule has 1 aliphatic rings. The Kier molecular flexibility index (Phi) is 5.70. The van der Waals surface area contributed by atoms with Gasteiger partial charge in [0.1, 0.15) is 5.82 Å². The van der Waals surface area contributed by atoms with E-state index in [0.29, 0.717) is 18.8 Å². The topological polar surface area (TPSA) is 68.8 Å². The normalized spacial score (nSPS) is 14.8. The second-order valence-electron chi connectivity index (χ2n) is 9.06. The summed E-state index contributed by atoms with van der Waals surface area (Å²) in [6.45, 7) is 3.61. The van der Waals surface area contributed by atoms with Gasteiger partial charge in [-0.25, -0.2) is 4.98 Å². The average molecular weight is 443 g/mol. The number of aromatic nitrogens is 5. The van der Waals surface area contributed by atoms with E-state index in [0.717, 1.165) is 65.3 Å². The Bertz CT molecular complexity index is 1300. The molecule has 1 aromatic carbocycles. The molecule has 5 rings (SSSR count). The number of fused-ring (bicyclic) bond motifs is 1. The Hall–Kier alpha value is -3.48. The van der Waals surface area contributed by atoms with Crippen LogP contribution in [0, 0.1) is 6.92 Å². The maximum atomic E-state index is 12.9. The van der Waals surface area contributed by atoms with Crippen molar-refractivity contribution in [3.63, 3.8) is 0 Å². The Morgan fingerprint density at radius 1 is 1.06 bits per heavy atom. The van der Waals surface area contributed by atoms with Crippen LogP contribution < -0.4 is 0 Å². The third kappa shape index (κ3) is 4.40. The molecule has 0 bridgehead atoms. The highest BCUT2D eigenvalue weighted by Crippen LogP contribution is 2.30. The molecule has 3 aromatic heterocycles. The number of piperidine rings is 1. The predicted molar refractivity (Wildman–Crippen MR) is 129 cm³/mol. The zero-order valence-corrected chi connectivity index (χ0v) is 19.5. The zero-order valence-electron chi connectivity index (χ0n) is 19.5. The van der Waals surface area contributed by atoms with Gasteiger partial charge in [0.25, 0.3) is 0 Å². The van der Waals surface area contributed by atoms with E-state index in [9.17, 15) is 4.79 Å². The molecule has 170 valence electrons. The van der Waals surface area contributed by atoms with Crippen molar-refractivity contribution < 1.29 is 4.79 Å². The van der Waals surface area contributed by atoms with Gasteiger partial charge in [-0.3, -0.25) is 14.5 Å². The zero-order chi connectivity index (χ0) is 22.9. The van der Waals surface area contributed by atoms with Gasteiger partial charge in [0.15, 0.2) is 0 Å². The van der Waals surface area contributed by atoms with Crippen molar-refractivity contribution in [2.75, 3.05) is 13.1 Å². The molecular formula is C26H30N6O. The standard InChI is InChI=1S/C26H30N6O/c1-18-14-20(21-16-27-30(2)17-21)15-23(28-18)19-10-12-32(13-11-19)26(33)9-8-25-29-22-6-4-5-7-24(22)31(25)3/h4-7,14-17,19H,8-13H2,1-3H3. The molecule has 0 radical (unpaired) electrons. The maximum absolute atomic E-state index is 12.9. The number of imidazole rings is 1. The molecule has 1 amide bonds. The average Bonchev–Trinajstić information content (AvgIpc) is 3.40. The molecule has 0 unspecified atom stereocenters. The molecule has 33 heavy (non-hydrogen) atoms. The number of pyridine rings is 1. The van der Waals surface area contributed by atoms with E-state index in [4.69, 9.17) is 9.97 Å². The minimum atomic E-state index is 0.216. The number of hydrogen-bond acceptors (Lipinski definition) is 4. The van der Waals surface area contributed by atoms with E-state index in [1.54, 1.807) is 0 Å². The summed E-state index contributed by atoms with van der Waals surface area (Å²) in [5.41, 5.74) is 6.51. The molecule has 4 aromatic rings. The van der Waals surface area contributed by atoms with Gasteiger partial charge in [-0.2, -0.15) is 5.10 Å². The van der Waals surface area contributed by atoms with Gasteiger partial charge in [-0.1, -0.05) is 12.1 Å². The summed E-state index contributed by atoms with van der Waals surface area (Å²) >= 11 is 0. The minimum Gasteiger partial charge on any atom is -0.343 e. The van der Waals surface area contributed by atoms with Crippen LogP contribution in [0.25, 0.3) is 22.2 Å². The van der Waals surface area contributed by atoms with Crippen LogP contribution >= 0.6 is 0 Å². The number of hydrogen-bond donors (Lipinski definition) is 0. The summed E-state index contributed by atoms with van der Waals surface area (Å²) in [7, 11) is 3.95. The first-order valence-corrected chi connectivity index (χ1v) is 11.6.